The van der Waals surface area contributed by atoms with Crippen LogP contribution in [0.2, 0.25) is 0 Å². The van der Waals surface area contributed by atoms with Gasteiger partial charge in [-0.1, -0.05) is 44.2 Å². The molecule has 0 saturated heterocycles. The molecule has 0 fully saturated rings. The summed E-state index contributed by atoms with van der Waals surface area (Å²) in [5.41, 5.74) is 2.91. The van der Waals surface area contributed by atoms with Gasteiger partial charge in [0.05, 0.1) is 19.7 Å². The third-order valence-corrected chi connectivity index (χ3v) is 4.39. The topological polar surface area (TPSA) is 70.7 Å². The number of rotatable bonds is 11. The first kappa shape index (κ1) is 22.4. The number of carbonyl (C=O) groups is 2. The number of amides is 2. The monoisotopic (exact) mass is 397 g/mol. The van der Waals surface area contributed by atoms with E-state index in [0.717, 1.165) is 35.4 Å². The Bertz CT molecular complexity index is 790. The molecule has 0 radical (unpaired) electrons. The van der Waals surface area contributed by atoms with E-state index in [0.29, 0.717) is 13.2 Å². The van der Waals surface area contributed by atoms with Gasteiger partial charge >= 0.3 is 0 Å². The number of para-hydroxylation sites is 1. The number of hydrogen-bond donors (Lipinski definition) is 2. The lowest BCUT2D eigenvalue weighted by Crippen LogP contribution is -2.38. The predicted molar refractivity (Wildman–Crippen MR) is 116 cm³/mol. The molecule has 0 atom stereocenters. The molecule has 156 valence electrons. The van der Waals surface area contributed by atoms with Gasteiger partial charge in [0.25, 0.3) is 0 Å². The Morgan fingerprint density at radius 2 is 1.66 bits per heavy atom. The molecule has 2 aromatic rings. The summed E-state index contributed by atoms with van der Waals surface area (Å²) in [6.45, 7) is 5.55. The minimum Gasteiger partial charge on any atom is -0.494 e. The lowest BCUT2D eigenvalue weighted by Gasteiger charge is -2.17. The number of anilines is 1. The average Bonchev–Trinajstić information content (AvgIpc) is 2.71. The van der Waals surface area contributed by atoms with Gasteiger partial charge in [-0.2, -0.15) is 0 Å². The highest BCUT2D eigenvalue weighted by Gasteiger charge is 2.12. The van der Waals surface area contributed by atoms with Gasteiger partial charge in [0.2, 0.25) is 11.8 Å². The van der Waals surface area contributed by atoms with Gasteiger partial charge in [0.1, 0.15) is 5.75 Å². The van der Waals surface area contributed by atoms with E-state index < -0.39 is 0 Å². The normalized spacial score (nSPS) is 10.6. The van der Waals surface area contributed by atoms with E-state index in [1.54, 1.807) is 11.9 Å². The van der Waals surface area contributed by atoms with Crippen molar-refractivity contribution in [2.45, 2.75) is 33.2 Å². The molecule has 0 aromatic heterocycles. The van der Waals surface area contributed by atoms with Gasteiger partial charge in [-0.05, 0) is 49.2 Å². The van der Waals surface area contributed by atoms with E-state index in [2.05, 4.69) is 17.6 Å². The fourth-order valence-corrected chi connectivity index (χ4v) is 2.87. The Labute approximate surface area is 173 Å². The molecule has 0 aliphatic carbocycles. The minimum atomic E-state index is -0.135. The Balaban J connectivity index is 1.73. The highest BCUT2D eigenvalue weighted by Crippen LogP contribution is 2.15. The van der Waals surface area contributed by atoms with Crippen LogP contribution in [-0.4, -0.2) is 43.5 Å². The van der Waals surface area contributed by atoms with Crippen LogP contribution < -0.4 is 15.4 Å². The number of hydrogen-bond acceptors (Lipinski definition) is 4. The molecule has 2 aromatic carbocycles. The first-order valence-electron chi connectivity index (χ1n) is 10.1. The van der Waals surface area contributed by atoms with Crippen LogP contribution in [0.15, 0.2) is 48.5 Å². The Kier molecular flexibility index (Phi) is 9.18. The Hall–Kier alpha value is -2.86. The van der Waals surface area contributed by atoms with Crippen molar-refractivity contribution in [3.05, 3.63) is 59.7 Å². The first-order chi connectivity index (χ1) is 14.0. The number of nitrogens with one attached hydrogen (secondary N) is 2. The van der Waals surface area contributed by atoms with E-state index in [-0.39, 0.29) is 24.9 Å². The van der Waals surface area contributed by atoms with Crippen molar-refractivity contribution in [2.24, 2.45) is 0 Å². The van der Waals surface area contributed by atoms with Crippen LogP contribution in [0.4, 0.5) is 5.69 Å². The maximum Gasteiger partial charge on any atom is 0.238 e. The minimum absolute atomic E-state index is 0.124. The smallest absolute Gasteiger partial charge is 0.238 e. The number of aryl methyl sites for hydroxylation is 1. The highest BCUT2D eigenvalue weighted by atomic mass is 16.5. The molecule has 29 heavy (non-hydrogen) atoms. The van der Waals surface area contributed by atoms with Crippen molar-refractivity contribution in [3.8, 4) is 5.75 Å². The first-order valence-corrected chi connectivity index (χ1v) is 10.1. The molecule has 0 aliphatic heterocycles. The highest BCUT2D eigenvalue weighted by molar-refractivity contribution is 5.93. The lowest BCUT2D eigenvalue weighted by molar-refractivity contribution is -0.123. The molecule has 2 N–H and O–H groups in total. The maximum absolute atomic E-state index is 12.3. The van der Waals surface area contributed by atoms with Crippen LogP contribution in [0.3, 0.4) is 0 Å². The third-order valence-electron chi connectivity index (χ3n) is 4.39. The molecule has 0 aliphatic rings. The third kappa shape index (κ3) is 7.95. The van der Waals surface area contributed by atoms with Gasteiger partial charge in [-0.3, -0.25) is 14.5 Å². The Morgan fingerprint density at radius 3 is 2.34 bits per heavy atom. The van der Waals surface area contributed by atoms with E-state index >= 15 is 0 Å². The molecule has 0 unspecified atom stereocenters. The zero-order valence-corrected chi connectivity index (χ0v) is 17.5. The quantitative estimate of drug-likeness (QED) is 0.611. The van der Waals surface area contributed by atoms with E-state index in [1.165, 1.54) is 0 Å². The summed E-state index contributed by atoms with van der Waals surface area (Å²) in [5, 5.41) is 5.80. The second-order valence-corrected chi connectivity index (χ2v) is 7.00. The van der Waals surface area contributed by atoms with E-state index in [1.807, 2.05) is 55.5 Å². The molecule has 0 saturated carbocycles. The summed E-state index contributed by atoms with van der Waals surface area (Å²) < 4.78 is 5.55. The number of benzene rings is 2. The largest absolute Gasteiger partial charge is 0.494 e. The van der Waals surface area contributed by atoms with Gasteiger partial charge < -0.3 is 15.4 Å². The summed E-state index contributed by atoms with van der Waals surface area (Å²) in [6.07, 6.45) is 1.81. The van der Waals surface area contributed by atoms with Crippen LogP contribution in [0.5, 0.6) is 5.75 Å². The summed E-state index contributed by atoms with van der Waals surface area (Å²) in [6, 6.07) is 15.4. The number of carbonyl (C=O) groups excluding carboxylic acids is 2. The van der Waals surface area contributed by atoms with Crippen LogP contribution in [-0.2, 0) is 22.6 Å². The molecule has 0 bridgehead atoms. The second kappa shape index (κ2) is 11.9. The van der Waals surface area contributed by atoms with Crippen LogP contribution in [0.1, 0.15) is 31.4 Å². The van der Waals surface area contributed by atoms with Gasteiger partial charge in [-0.15, -0.1) is 0 Å². The zero-order valence-electron chi connectivity index (χ0n) is 17.5. The van der Waals surface area contributed by atoms with Crippen molar-refractivity contribution in [3.63, 3.8) is 0 Å². The van der Waals surface area contributed by atoms with Gasteiger partial charge in [0.15, 0.2) is 0 Å². The molecular weight excluding hydrogens is 366 g/mol. The van der Waals surface area contributed by atoms with Crippen molar-refractivity contribution < 1.29 is 14.3 Å². The predicted octanol–water partition coefficient (Wildman–Crippen LogP) is 3.22. The van der Waals surface area contributed by atoms with Crippen molar-refractivity contribution in [2.75, 3.05) is 32.1 Å². The lowest BCUT2D eigenvalue weighted by atomic mass is 10.1. The number of ether oxygens (including phenoxy) is 1. The SMILES string of the molecule is CCCOc1ccc(CNC(=O)CN(C)CC(=O)Nc2ccccc2CC)cc1. The van der Waals surface area contributed by atoms with Gasteiger partial charge in [0, 0.05) is 12.2 Å². The molecule has 0 spiro atoms. The summed E-state index contributed by atoms with van der Waals surface area (Å²) >= 11 is 0. The fourth-order valence-electron chi connectivity index (χ4n) is 2.87. The van der Waals surface area contributed by atoms with Crippen LogP contribution >= 0.6 is 0 Å². The average molecular weight is 398 g/mol. The summed E-state index contributed by atoms with van der Waals surface area (Å²) in [7, 11) is 1.75. The molecule has 0 heterocycles. The molecule has 2 amide bonds. The second-order valence-electron chi connectivity index (χ2n) is 7.00. The van der Waals surface area contributed by atoms with Gasteiger partial charge in [-0.25, -0.2) is 0 Å². The molecular formula is C23H31N3O3. The van der Waals surface area contributed by atoms with E-state index in [4.69, 9.17) is 4.74 Å². The zero-order chi connectivity index (χ0) is 21.1. The molecule has 2 rings (SSSR count). The van der Waals surface area contributed by atoms with Crippen molar-refractivity contribution in [1.82, 2.24) is 10.2 Å². The van der Waals surface area contributed by atoms with Crippen LogP contribution in [0.25, 0.3) is 0 Å². The molecule has 6 heteroatoms. The van der Waals surface area contributed by atoms with Crippen LogP contribution in [0, 0.1) is 0 Å². The molecule has 6 nitrogen and oxygen atoms in total. The Morgan fingerprint density at radius 1 is 0.966 bits per heavy atom. The van der Waals surface area contributed by atoms with E-state index in [9.17, 15) is 9.59 Å². The summed E-state index contributed by atoms with van der Waals surface area (Å²) in [5.74, 6) is 0.571. The fraction of sp³-hybridized carbons (Fsp3) is 0.391. The standard InChI is InChI=1S/C23H31N3O3/c1-4-14-29-20-12-10-18(11-13-20)15-24-22(27)16-26(3)17-23(28)25-21-9-7-6-8-19(21)5-2/h6-13H,4-5,14-17H2,1-3H3,(H,24,27)(H,25,28). The number of likely N-dealkylation sites (N-methyl/N-ethyl adjacent to an activating group) is 1. The van der Waals surface area contributed by atoms with Crippen molar-refractivity contribution in [1.29, 1.82) is 0 Å². The summed E-state index contributed by atoms with van der Waals surface area (Å²) in [4.78, 5) is 26.1. The maximum atomic E-state index is 12.3. The van der Waals surface area contributed by atoms with Crippen molar-refractivity contribution >= 4 is 17.5 Å². The number of nitrogens with zero attached hydrogens (tertiary/aromatic N) is 1.